The van der Waals surface area contributed by atoms with Crippen molar-refractivity contribution >= 4 is 17.8 Å². The second-order valence-corrected chi connectivity index (χ2v) is 5.18. The summed E-state index contributed by atoms with van der Waals surface area (Å²) in [5.41, 5.74) is 3.44. The fourth-order valence-corrected chi connectivity index (χ4v) is 2.44. The summed E-state index contributed by atoms with van der Waals surface area (Å²) in [6.07, 6.45) is 8.13. The van der Waals surface area contributed by atoms with E-state index in [1.807, 2.05) is 24.3 Å². The van der Waals surface area contributed by atoms with Crippen molar-refractivity contribution in [1.82, 2.24) is 5.06 Å². The van der Waals surface area contributed by atoms with Gasteiger partial charge in [-0.3, -0.25) is 10.0 Å². The van der Waals surface area contributed by atoms with Crippen LogP contribution >= 0.6 is 0 Å². The Hall–Kier alpha value is -2.92. The van der Waals surface area contributed by atoms with Crippen LogP contribution in [0.15, 0.2) is 70.4 Å². The number of aliphatic imine (C=N–C) groups is 1. The molecule has 116 valence electrons. The Bertz CT molecular complexity index is 813. The van der Waals surface area contributed by atoms with E-state index in [9.17, 15) is 10.0 Å². The Morgan fingerprint density at radius 1 is 1.17 bits per heavy atom. The zero-order valence-corrected chi connectivity index (χ0v) is 12.9. The lowest BCUT2D eigenvalue weighted by Crippen LogP contribution is -2.19. The van der Waals surface area contributed by atoms with E-state index in [0.717, 1.165) is 16.2 Å². The first-order chi connectivity index (χ1) is 11.1. The van der Waals surface area contributed by atoms with Gasteiger partial charge >= 0.3 is 0 Å². The fraction of sp³-hybridized carbons (Fsp3) is 0.111. The molecule has 1 heterocycles. The van der Waals surface area contributed by atoms with Crippen molar-refractivity contribution in [1.29, 1.82) is 0 Å². The van der Waals surface area contributed by atoms with Crippen LogP contribution in [-0.4, -0.2) is 29.5 Å². The summed E-state index contributed by atoms with van der Waals surface area (Å²) in [4.78, 5) is 15.8. The number of methoxy groups -OCH3 is 1. The van der Waals surface area contributed by atoms with Gasteiger partial charge in [0.2, 0.25) is 0 Å². The number of carbonyl (C=O) groups is 1. The van der Waals surface area contributed by atoms with Gasteiger partial charge in [0.1, 0.15) is 12.1 Å². The minimum absolute atomic E-state index is 0.00754. The fourth-order valence-electron chi connectivity index (χ4n) is 2.44. The van der Waals surface area contributed by atoms with E-state index in [1.165, 1.54) is 12.4 Å². The Morgan fingerprint density at radius 3 is 2.70 bits per heavy atom. The van der Waals surface area contributed by atoms with Crippen molar-refractivity contribution in [3.8, 4) is 5.75 Å². The van der Waals surface area contributed by atoms with Gasteiger partial charge in [0, 0.05) is 11.1 Å². The average molecular weight is 308 g/mol. The highest BCUT2D eigenvalue weighted by molar-refractivity contribution is 6.05. The van der Waals surface area contributed by atoms with Crippen molar-refractivity contribution in [2.24, 2.45) is 4.99 Å². The molecule has 23 heavy (non-hydrogen) atoms. The molecular formula is C18H16N2O3. The molecule has 5 heteroatoms. The lowest BCUT2D eigenvalue weighted by atomic mass is 9.99. The van der Waals surface area contributed by atoms with Crippen LogP contribution in [0.5, 0.6) is 5.75 Å². The number of ketones is 1. The van der Waals surface area contributed by atoms with E-state index in [1.54, 1.807) is 32.3 Å². The number of hydroxylamine groups is 2. The standard InChI is InChI=1S/C18H16N2O3/c1-12-9-13(7-8-17(12)21)15-10-16(20(22)11-19-15)14-5-3-4-6-18(14)23-2/h3-11,22H,1-2H3. The highest BCUT2D eigenvalue weighted by Gasteiger charge is 2.18. The second kappa shape index (κ2) is 6.06. The van der Waals surface area contributed by atoms with Gasteiger partial charge < -0.3 is 4.74 Å². The van der Waals surface area contributed by atoms with Crippen molar-refractivity contribution in [3.63, 3.8) is 0 Å². The normalized spacial score (nSPS) is 20.5. The minimum atomic E-state index is -0.00754. The highest BCUT2D eigenvalue weighted by Crippen LogP contribution is 2.31. The van der Waals surface area contributed by atoms with Crippen LogP contribution in [-0.2, 0) is 4.79 Å². The average Bonchev–Trinajstić information content (AvgIpc) is 2.58. The molecule has 3 rings (SSSR count). The van der Waals surface area contributed by atoms with Gasteiger partial charge in [-0.25, -0.2) is 10.1 Å². The molecule has 0 fully saturated rings. The quantitative estimate of drug-likeness (QED) is 0.912. The summed E-state index contributed by atoms with van der Waals surface area (Å²) in [6.45, 7) is 1.77. The predicted octanol–water partition coefficient (Wildman–Crippen LogP) is 3.11. The van der Waals surface area contributed by atoms with Crippen LogP contribution in [0.4, 0.5) is 0 Å². The van der Waals surface area contributed by atoms with E-state index in [-0.39, 0.29) is 5.78 Å². The Balaban J connectivity index is 2.10. The molecule has 5 nitrogen and oxygen atoms in total. The van der Waals surface area contributed by atoms with Gasteiger partial charge in [0.05, 0.1) is 18.5 Å². The van der Waals surface area contributed by atoms with Gasteiger partial charge in [-0.05, 0) is 48.9 Å². The summed E-state index contributed by atoms with van der Waals surface area (Å²) >= 11 is 0. The monoisotopic (exact) mass is 308 g/mol. The van der Waals surface area contributed by atoms with E-state index < -0.39 is 0 Å². The molecule has 0 spiro atoms. The molecule has 0 aromatic heterocycles. The van der Waals surface area contributed by atoms with Crippen LogP contribution in [0.25, 0.3) is 5.70 Å². The van der Waals surface area contributed by atoms with Crippen molar-refractivity contribution in [2.75, 3.05) is 7.11 Å². The molecule has 0 saturated heterocycles. The zero-order valence-electron chi connectivity index (χ0n) is 12.9. The lowest BCUT2D eigenvalue weighted by molar-refractivity contribution is -0.111. The van der Waals surface area contributed by atoms with Crippen LogP contribution in [0.1, 0.15) is 12.5 Å². The highest BCUT2D eigenvalue weighted by atomic mass is 16.5. The Morgan fingerprint density at radius 2 is 1.96 bits per heavy atom. The third-order valence-electron chi connectivity index (χ3n) is 3.68. The molecule has 0 unspecified atom stereocenters. The molecule has 0 bridgehead atoms. The number of hydrogen-bond donors (Lipinski definition) is 1. The number of allylic oxidation sites excluding steroid dienone is 6. The smallest absolute Gasteiger partial charge is 0.181 e. The molecule has 0 radical (unpaired) electrons. The molecule has 1 aliphatic carbocycles. The maximum absolute atomic E-state index is 11.5. The summed E-state index contributed by atoms with van der Waals surface area (Å²) in [5.74, 6) is 0.644. The number of benzene rings is 1. The first kappa shape index (κ1) is 15.0. The number of para-hydroxylation sites is 1. The molecule has 1 aromatic rings. The first-order valence-corrected chi connectivity index (χ1v) is 7.12. The number of carbonyl (C=O) groups excluding carboxylic acids is 1. The molecule has 0 saturated carbocycles. The second-order valence-electron chi connectivity index (χ2n) is 5.18. The molecule has 0 atom stereocenters. The van der Waals surface area contributed by atoms with Crippen molar-refractivity contribution in [3.05, 3.63) is 71.0 Å². The van der Waals surface area contributed by atoms with Crippen LogP contribution < -0.4 is 4.74 Å². The van der Waals surface area contributed by atoms with Gasteiger partial charge in [-0.2, -0.15) is 0 Å². The summed E-state index contributed by atoms with van der Waals surface area (Å²) in [7, 11) is 1.58. The van der Waals surface area contributed by atoms with E-state index >= 15 is 0 Å². The Kier molecular flexibility index (Phi) is 3.95. The minimum Gasteiger partial charge on any atom is -0.496 e. The topological polar surface area (TPSA) is 62.1 Å². The Labute approximate surface area is 134 Å². The molecule has 0 amide bonds. The summed E-state index contributed by atoms with van der Waals surface area (Å²) in [6, 6.07) is 7.42. The zero-order chi connectivity index (χ0) is 16.4. The van der Waals surface area contributed by atoms with Crippen molar-refractivity contribution < 1.29 is 14.7 Å². The maximum atomic E-state index is 11.5. The van der Waals surface area contributed by atoms with E-state index in [0.29, 0.717) is 22.7 Å². The molecule has 1 aromatic carbocycles. The summed E-state index contributed by atoms with van der Waals surface area (Å²) in [5, 5.41) is 11.1. The largest absolute Gasteiger partial charge is 0.496 e. The van der Waals surface area contributed by atoms with Gasteiger partial charge in [-0.1, -0.05) is 12.1 Å². The number of nitrogens with zero attached hydrogens (tertiary/aromatic N) is 2. The SMILES string of the molecule is COc1ccccc1C1=CC(=C2C=CC(=O)C(C)=C2)N=CN1O. The first-order valence-electron chi connectivity index (χ1n) is 7.12. The van der Waals surface area contributed by atoms with Gasteiger partial charge in [0.15, 0.2) is 5.78 Å². The van der Waals surface area contributed by atoms with E-state index in [4.69, 9.17) is 4.74 Å². The number of ether oxygens (including phenoxy) is 1. The summed E-state index contributed by atoms with van der Waals surface area (Å²) < 4.78 is 5.35. The van der Waals surface area contributed by atoms with Crippen LogP contribution in [0, 0.1) is 0 Å². The lowest BCUT2D eigenvalue weighted by Gasteiger charge is -2.22. The molecule has 1 N–H and O–H groups in total. The number of rotatable bonds is 2. The van der Waals surface area contributed by atoms with Gasteiger partial charge in [-0.15, -0.1) is 0 Å². The van der Waals surface area contributed by atoms with Gasteiger partial charge in [0.25, 0.3) is 0 Å². The van der Waals surface area contributed by atoms with E-state index in [2.05, 4.69) is 4.99 Å². The predicted molar refractivity (Wildman–Crippen MR) is 88.0 cm³/mol. The van der Waals surface area contributed by atoms with Crippen LogP contribution in [0.2, 0.25) is 0 Å². The maximum Gasteiger partial charge on any atom is 0.181 e. The van der Waals surface area contributed by atoms with Crippen molar-refractivity contribution in [2.45, 2.75) is 6.92 Å². The number of hydrogen-bond acceptors (Lipinski definition) is 5. The third-order valence-corrected chi connectivity index (χ3v) is 3.68. The molecular weight excluding hydrogens is 292 g/mol. The molecule has 1 aliphatic heterocycles. The molecule has 2 aliphatic rings. The van der Waals surface area contributed by atoms with Crippen LogP contribution in [0.3, 0.4) is 0 Å². The third kappa shape index (κ3) is 2.86.